The minimum atomic E-state index is -0.553. The third-order valence-electron chi connectivity index (χ3n) is 4.69. The predicted molar refractivity (Wildman–Crippen MR) is 108 cm³/mol. The largest absolute Gasteiger partial charge is 0.483 e. The molecule has 4 nitrogen and oxygen atoms in total. The fraction of sp³-hybridized carbons (Fsp3) is 0.348. The first-order chi connectivity index (χ1) is 13.0. The molecule has 5 heteroatoms. The molecular formula is C23H26FNO3. The van der Waals surface area contributed by atoms with Gasteiger partial charge in [0.2, 0.25) is 0 Å². The van der Waals surface area contributed by atoms with Crippen LogP contribution in [0.2, 0.25) is 0 Å². The summed E-state index contributed by atoms with van der Waals surface area (Å²) >= 11 is 0. The Labute approximate surface area is 165 Å². The maximum Gasteiger partial charge on any atom is 0.413 e. The van der Waals surface area contributed by atoms with Gasteiger partial charge in [-0.1, -0.05) is 12.1 Å². The van der Waals surface area contributed by atoms with E-state index in [1.54, 1.807) is 24.3 Å². The van der Waals surface area contributed by atoms with Gasteiger partial charge in [0.1, 0.15) is 22.9 Å². The average Bonchev–Trinajstić information content (AvgIpc) is 2.55. The molecule has 1 aliphatic heterocycles. The topological polar surface area (TPSA) is 47.6 Å². The van der Waals surface area contributed by atoms with Crippen molar-refractivity contribution < 1.29 is 18.7 Å². The molecule has 1 aliphatic rings. The molecule has 0 saturated heterocycles. The zero-order chi connectivity index (χ0) is 20.7. The molecule has 148 valence electrons. The monoisotopic (exact) mass is 383 g/mol. The lowest BCUT2D eigenvalue weighted by atomic mass is 9.83. The molecule has 0 aromatic heterocycles. The molecule has 1 heterocycles. The van der Waals surface area contributed by atoms with Gasteiger partial charge in [0.05, 0.1) is 0 Å². The van der Waals surface area contributed by atoms with Crippen LogP contribution in [-0.2, 0) is 0 Å². The number of nitrogens with one attached hydrogen (secondary N) is 1. The summed E-state index contributed by atoms with van der Waals surface area (Å²) in [5.41, 5.74) is 2.90. The van der Waals surface area contributed by atoms with Gasteiger partial charge in [-0.2, -0.15) is 0 Å². The van der Waals surface area contributed by atoms with E-state index in [2.05, 4.69) is 5.32 Å². The van der Waals surface area contributed by atoms with Crippen LogP contribution in [0.3, 0.4) is 0 Å². The summed E-state index contributed by atoms with van der Waals surface area (Å²) in [6, 6.07) is 11.8. The Balaban J connectivity index is 2.00. The molecule has 1 N–H and O–H groups in total. The Bertz CT molecular complexity index is 937. The maximum absolute atomic E-state index is 13.4. The number of carbonyl (C=O) groups excluding carboxylic acids is 1. The standard InChI is InChI=1S/C23H26FNO3/c1-14-20(15-7-9-16(24)10-8-15)18-12-11-17(13-19(18)28-23(14,5)6)27-21(26)25-22(2,3)4/h7-13H,1-6H3,(H,25,26). The highest BCUT2D eigenvalue weighted by atomic mass is 19.1. The van der Waals surface area contributed by atoms with Gasteiger partial charge in [0, 0.05) is 17.2 Å². The molecule has 0 aliphatic carbocycles. The first-order valence-corrected chi connectivity index (χ1v) is 9.27. The summed E-state index contributed by atoms with van der Waals surface area (Å²) in [6.45, 7) is 11.6. The molecule has 0 spiro atoms. The Morgan fingerprint density at radius 1 is 1.11 bits per heavy atom. The molecule has 2 aromatic carbocycles. The summed E-state index contributed by atoms with van der Waals surface area (Å²) in [5, 5.41) is 2.76. The van der Waals surface area contributed by atoms with Crippen molar-refractivity contribution in [3.8, 4) is 11.5 Å². The van der Waals surface area contributed by atoms with Gasteiger partial charge in [0.25, 0.3) is 0 Å². The number of benzene rings is 2. The second kappa shape index (κ2) is 6.97. The Kier molecular flexibility index (Phi) is 4.96. The maximum atomic E-state index is 13.4. The number of fused-ring (bicyclic) bond motifs is 1. The number of hydrogen-bond donors (Lipinski definition) is 1. The summed E-state index contributed by atoms with van der Waals surface area (Å²) in [7, 11) is 0. The van der Waals surface area contributed by atoms with Gasteiger partial charge in [-0.15, -0.1) is 0 Å². The molecule has 0 unspecified atom stereocenters. The van der Waals surface area contributed by atoms with E-state index < -0.39 is 11.7 Å². The molecule has 1 amide bonds. The number of ether oxygens (including phenoxy) is 2. The normalized spacial score (nSPS) is 15.5. The summed E-state index contributed by atoms with van der Waals surface area (Å²) < 4.78 is 25.0. The third kappa shape index (κ3) is 4.19. The molecule has 3 rings (SSSR count). The van der Waals surface area contributed by atoms with Crippen LogP contribution in [0.1, 0.15) is 52.7 Å². The minimum absolute atomic E-state index is 0.276. The van der Waals surface area contributed by atoms with Gasteiger partial charge in [-0.25, -0.2) is 9.18 Å². The number of halogens is 1. The first kappa shape index (κ1) is 19.9. The number of hydrogen-bond acceptors (Lipinski definition) is 3. The fourth-order valence-electron chi connectivity index (χ4n) is 3.14. The first-order valence-electron chi connectivity index (χ1n) is 9.27. The highest BCUT2D eigenvalue weighted by molar-refractivity contribution is 5.87. The zero-order valence-electron chi connectivity index (χ0n) is 17.1. The third-order valence-corrected chi connectivity index (χ3v) is 4.69. The molecular weight excluding hydrogens is 357 g/mol. The van der Waals surface area contributed by atoms with E-state index in [0.717, 1.165) is 22.3 Å². The van der Waals surface area contributed by atoms with E-state index in [1.165, 1.54) is 12.1 Å². The van der Waals surface area contributed by atoms with E-state index in [4.69, 9.17) is 9.47 Å². The van der Waals surface area contributed by atoms with Gasteiger partial charge >= 0.3 is 6.09 Å². The molecule has 0 bridgehead atoms. The molecule has 0 radical (unpaired) electrons. The van der Waals surface area contributed by atoms with Crippen LogP contribution in [-0.4, -0.2) is 17.2 Å². The van der Waals surface area contributed by atoms with Crippen molar-refractivity contribution in [2.75, 3.05) is 0 Å². The average molecular weight is 383 g/mol. The quantitative estimate of drug-likeness (QED) is 0.723. The van der Waals surface area contributed by atoms with Crippen LogP contribution >= 0.6 is 0 Å². The van der Waals surface area contributed by atoms with Crippen molar-refractivity contribution >= 4 is 11.7 Å². The molecule has 0 fully saturated rings. The smallest absolute Gasteiger partial charge is 0.413 e. The van der Waals surface area contributed by atoms with Gasteiger partial charge in [-0.05, 0) is 82.5 Å². The summed E-state index contributed by atoms with van der Waals surface area (Å²) in [4.78, 5) is 12.1. The fourth-order valence-corrected chi connectivity index (χ4v) is 3.14. The van der Waals surface area contributed by atoms with Gasteiger partial charge < -0.3 is 14.8 Å². The Morgan fingerprint density at radius 2 is 1.75 bits per heavy atom. The molecule has 0 saturated carbocycles. The lowest BCUT2D eigenvalue weighted by Gasteiger charge is -2.36. The van der Waals surface area contributed by atoms with E-state index >= 15 is 0 Å². The molecule has 28 heavy (non-hydrogen) atoms. The van der Waals surface area contributed by atoms with Crippen molar-refractivity contribution in [3.63, 3.8) is 0 Å². The number of amides is 1. The highest BCUT2D eigenvalue weighted by Gasteiger charge is 2.33. The second-order valence-electron chi connectivity index (χ2n) is 8.54. The van der Waals surface area contributed by atoms with Crippen molar-refractivity contribution in [1.29, 1.82) is 0 Å². The summed E-state index contributed by atoms with van der Waals surface area (Å²) in [6.07, 6.45) is -0.520. The zero-order valence-corrected chi connectivity index (χ0v) is 17.1. The van der Waals surface area contributed by atoms with E-state index in [-0.39, 0.29) is 11.4 Å². The Hall–Kier alpha value is -2.82. The molecule has 2 aromatic rings. The van der Waals surface area contributed by atoms with E-state index in [9.17, 15) is 9.18 Å². The lowest BCUT2D eigenvalue weighted by Crippen LogP contribution is -2.42. The number of carbonyl (C=O) groups is 1. The van der Waals surface area contributed by atoms with E-state index in [1.807, 2.05) is 47.6 Å². The van der Waals surface area contributed by atoms with Gasteiger partial charge in [0.15, 0.2) is 0 Å². The van der Waals surface area contributed by atoms with Crippen molar-refractivity contribution in [2.24, 2.45) is 0 Å². The van der Waals surface area contributed by atoms with Crippen molar-refractivity contribution in [1.82, 2.24) is 5.32 Å². The SMILES string of the molecule is CC1=C(c2ccc(F)cc2)c2ccc(OC(=O)NC(C)(C)C)cc2OC1(C)C. The van der Waals surface area contributed by atoms with Gasteiger partial charge in [-0.3, -0.25) is 0 Å². The van der Waals surface area contributed by atoms with Crippen molar-refractivity contribution in [3.05, 3.63) is 65.0 Å². The lowest BCUT2D eigenvalue weighted by molar-refractivity contribution is 0.144. The van der Waals surface area contributed by atoms with Crippen LogP contribution in [0, 0.1) is 5.82 Å². The summed E-state index contributed by atoms with van der Waals surface area (Å²) in [5.74, 6) is 0.743. The van der Waals surface area contributed by atoms with E-state index in [0.29, 0.717) is 11.5 Å². The number of rotatable bonds is 2. The predicted octanol–water partition coefficient (Wildman–Crippen LogP) is 5.71. The van der Waals surface area contributed by atoms with Crippen molar-refractivity contribution in [2.45, 2.75) is 52.7 Å². The minimum Gasteiger partial charge on any atom is -0.483 e. The van der Waals surface area contributed by atoms with Crippen LogP contribution in [0.5, 0.6) is 11.5 Å². The molecule has 0 atom stereocenters. The van der Waals surface area contributed by atoms with Crippen LogP contribution in [0.4, 0.5) is 9.18 Å². The second-order valence-corrected chi connectivity index (χ2v) is 8.54. The van der Waals surface area contributed by atoms with Crippen LogP contribution in [0.15, 0.2) is 48.0 Å². The highest BCUT2D eigenvalue weighted by Crippen LogP contribution is 2.44. The van der Waals surface area contributed by atoms with Crippen LogP contribution in [0.25, 0.3) is 5.57 Å². The Morgan fingerprint density at radius 3 is 2.36 bits per heavy atom. The van der Waals surface area contributed by atoms with Crippen LogP contribution < -0.4 is 14.8 Å².